The van der Waals surface area contributed by atoms with Crippen molar-refractivity contribution in [1.82, 2.24) is 4.98 Å². The van der Waals surface area contributed by atoms with Crippen LogP contribution in [0.4, 0.5) is 18.9 Å². The summed E-state index contributed by atoms with van der Waals surface area (Å²) in [4.78, 5) is 3.88. The van der Waals surface area contributed by atoms with Crippen molar-refractivity contribution in [3.05, 3.63) is 24.0 Å². The molecule has 0 radical (unpaired) electrons. The van der Waals surface area contributed by atoms with Crippen LogP contribution in [0.25, 0.3) is 0 Å². The summed E-state index contributed by atoms with van der Waals surface area (Å²) >= 11 is 0. The zero-order valence-corrected chi connectivity index (χ0v) is 8.60. The second kappa shape index (κ2) is 4.51. The highest BCUT2D eigenvalue weighted by molar-refractivity contribution is 5.43. The van der Waals surface area contributed by atoms with Gasteiger partial charge in [-0.3, -0.25) is 4.98 Å². The SMILES string of the molecule is CC(C)c1cncc(NCC(F)(F)F)c1. The number of anilines is 1. The highest BCUT2D eigenvalue weighted by atomic mass is 19.4. The monoisotopic (exact) mass is 218 g/mol. The lowest BCUT2D eigenvalue weighted by Crippen LogP contribution is -2.21. The van der Waals surface area contributed by atoms with Crippen molar-refractivity contribution in [3.8, 4) is 0 Å². The van der Waals surface area contributed by atoms with Gasteiger partial charge in [-0.15, -0.1) is 0 Å². The average Bonchev–Trinajstić information content (AvgIpc) is 2.14. The molecule has 0 saturated carbocycles. The summed E-state index contributed by atoms with van der Waals surface area (Å²) in [6.45, 7) is 2.89. The molecule has 0 atom stereocenters. The summed E-state index contributed by atoms with van der Waals surface area (Å²) in [6.07, 6.45) is -1.16. The van der Waals surface area contributed by atoms with Crippen LogP contribution in [-0.4, -0.2) is 17.7 Å². The van der Waals surface area contributed by atoms with Gasteiger partial charge in [0, 0.05) is 12.4 Å². The highest BCUT2D eigenvalue weighted by Gasteiger charge is 2.26. The Morgan fingerprint density at radius 2 is 2.00 bits per heavy atom. The molecule has 0 aliphatic carbocycles. The van der Waals surface area contributed by atoms with Crippen LogP contribution in [0.5, 0.6) is 0 Å². The first-order valence-electron chi connectivity index (χ1n) is 4.64. The number of alkyl halides is 3. The number of hydrogen-bond donors (Lipinski definition) is 1. The molecule has 0 spiro atoms. The van der Waals surface area contributed by atoms with E-state index in [2.05, 4.69) is 10.3 Å². The summed E-state index contributed by atoms with van der Waals surface area (Å²) < 4.78 is 35.8. The number of pyridine rings is 1. The maximum atomic E-state index is 11.9. The fourth-order valence-corrected chi connectivity index (χ4v) is 1.07. The van der Waals surface area contributed by atoms with Crippen LogP contribution in [0.2, 0.25) is 0 Å². The van der Waals surface area contributed by atoms with Crippen molar-refractivity contribution in [2.75, 3.05) is 11.9 Å². The minimum absolute atomic E-state index is 0.255. The molecular formula is C10H13F3N2. The second-order valence-electron chi connectivity index (χ2n) is 3.63. The lowest BCUT2D eigenvalue weighted by Gasteiger charge is -2.11. The van der Waals surface area contributed by atoms with E-state index in [1.54, 1.807) is 12.3 Å². The van der Waals surface area contributed by atoms with Gasteiger partial charge in [-0.25, -0.2) is 0 Å². The Labute approximate surface area is 86.5 Å². The van der Waals surface area contributed by atoms with Gasteiger partial charge >= 0.3 is 6.18 Å². The fraction of sp³-hybridized carbons (Fsp3) is 0.500. The molecule has 0 saturated heterocycles. The summed E-state index contributed by atoms with van der Waals surface area (Å²) in [5, 5.41) is 2.29. The van der Waals surface area contributed by atoms with E-state index in [-0.39, 0.29) is 5.92 Å². The first kappa shape index (κ1) is 11.8. The van der Waals surface area contributed by atoms with E-state index < -0.39 is 12.7 Å². The number of rotatable bonds is 3. The smallest absolute Gasteiger partial charge is 0.375 e. The molecule has 0 aliphatic rings. The molecule has 0 fully saturated rings. The first-order valence-corrected chi connectivity index (χ1v) is 4.64. The van der Waals surface area contributed by atoms with Crippen molar-refractivity contribution >= 4 is 5.69 Å². The van der Waals surface area contributed by atoms with Gasteiger partial charge in [0.2, 0.25) is 0 Å². The molecule has 1 rings (SSSR count). The van der Waals surface area contributed by atoms with Gasteiger partial charge in [0.15, 0.2) is 0 Å². The number of aromatic nitrogens is 1. The molecule has 0 amide bonds. The van der Waals surface area contributed by atoms with E-state index in [9.17, 15) is 13.2 Å². The van der Waals surface area contributed by atoms with Gasteiger partial charge in [-0.1, -0.05) is 13.8 Å². The lowest BCUT2D eigenvalue weighted by molar-refractivity contribution is -0.115. The lowest BCUT2D eigenvalue weighted by atomic mass is 10.1. The second-order valence-corrected chi connectivity index (χ2v) is 3.63. The molecule has 15 heavy (non-hydrogen) atoms. The first-order chi connectivity index (χ1) is 6.88. The molecule has 1 aromatic heterocycles. The van der Waals surface area contributed by atoms with Gasteiger partial charge in [0.25, 0.3) is 0 Å². The molecule has 0 bridgehead atoms. The Morgan fingerprint density at radius 1 is 1.33 bits per heavy atom. The zero-order valence-electron chi connectivity index (χ0n) is 8.60. The standard InChI is InChI=1S/C10H13F3N2/c1-7(2)8-3-9(5-14-4-8)15-6-10(11,12)13/h3-5,7,15H,6H2,1-2H3. The van der Waals surface area contributed by atoms with Gasteiger partial charge in [-0.2, -0.15) is 13.2 Å². The number of halogens is 3. The van der Waals surface area contributed by atoms with E-state index in [0.717, 1.165) is 5.56 Å². The van der Waals surface area contributed by atoms with E-state index in [1.807, 2.05) is 13.8 Å². The third-order valence-electron chi connectivity index (χ3n) is 1.92. The predicted octanol–water partition coefficient (Wildman–Crippen LogP) is 3.18. The van der Waals surface area contributed by atoms with E-state index in [4.69, 9.17) is 0 Å². The fourth-order valence-electron chi connectivity index (χ4n) is 1.07. The van der Waals surface area contributed by atoms with Crippen molar-refractivity contribution < 1.29 is 13.2 Å². The number of hydrogen-bond acceptors (Lipinski definition) is 2. The van der Waals surface area contributed by atoms with Crippen LogP contribution in [-0.2, 0) is 0 Å². The van der Waals surface area contributed by atoms with Crippen LogP contribution in [0, 0.1) is 0 Å². The molecule has 0 unspecified atom stereocenters. The van der Waals surface area contributed by atoms with Gasteiger partial charge in [0.05, 0.1) is 5.69 Å². The Kier molecular flexibility index (Phi) is 3.55. The quantitative estimate of drug-likeness (QED) is 0.842. The molecule has 2 nitrogen and oxygen atoms in total. The van der Waals surface area contributed by atoms with Crippen LogP contribution in [0.1, 0.15) is 25.3 Å². The van der Waals surface area contributed by atoms with Gasteiger partial charge < -0.3 is 5.32 Å². The Bertz CT molecular complexity index is 321. The third-order valence-corrected chi connectivity index (χ3v) is 1.92. The van der Waals surface area contributed by atoms with E-state index in [0.29, 0.717) is 5.69 Å². The van der Waals surface area contributed by atoms with Crippen molar-refractivity contribution in [2.24, 2.45) is 0 Å². The summed E-state index contributed by atoms with van der Waals surface area (Å²) in [5.41, 5.74) is 1.32. The number of nitrogens with zero attached hydrogens (tertiary/aromatic N) is 1. The number of nitrogens with one attached hydrogen (secondary N) is 1. The maximum Gasteiger partial charge on any atom is 0.405 e. The largest absolute Gasteiger partial charge is 0.405 e. The highest BCUT2D eigenvalue weighted by Crippen LogP contribution is 2.19. The molecule has 1 aromatic rings. The van der Waals surface area contributed by atoms with Crippen LogP contribution in [0.15, 0.2) is 18.5 Å². The normalized spacial score (nSPS) is 11.9. The molecule has 1 heterocycles. The average molecular weight is 218 g/mol. The summed E-state index contributed by atoms with van der Waals surface area (Å²) in [5.74, 6) is 0.255. The summed E-state index contributed by atoms with van der Waals surface area (Å²) in [7, 11) is 0. The van der Waals surface area contributed by atoms with Crippen LogP contribution >= 0.6 is 0 Å². The molecule has 1 N–H and O–H groups in total. The van der Waals surface area contributed by atoms with Crippen molar-refractivity contribution in [3.63, 3.8) is 0 Å². The Morgan fingerprint density at radius 3 is 2.53 bits per heavy atom. The van der Waals surface area contributed by atoms with E-state index >= 15 is 0 Å². The third kappa shape index (κ3) is 4.18. The predicted molar refractivity (Wildman–Crippen MR) is 52.9 cm³/mol. The van der Waals surface area contributed by atoms with Crippen LogP contribution in [0.3, 0.4) is 0 Å². The van der Waals surface area contributed by atoms with Crippen molar-refractivity contribution in [1.29, 1.82) is 0 Å². The van der Waals surface area contributed by atoms with E-state index in [1.165, 1.54) is 6.20 Å². The minimum atomic E-state index is -4.20. The zero-order chi connectivity index (χ0) is 11.5. The Balaban J connectivity index is 2.66. The summed E-state index contributed by atoms with van der Waals surface area (Å²) in [6, 6.07) is 1.68. The molecule has 5 heteroatoms. The van der Waals surface area contributed by atoms with Crippen molar-refractivity contribution in [2.45, 2.75) is 25.9 Å². The Hall–Kier alpha value is -1.26. The minimum Gasteiger partial charge on any atom is -0.375 e. The molecule has 0 aliphatic heterocycles. The van der Waals surface area contributed by atoms with Crippen LogP contribution < -0.4 is 5.32 Å². The topological polar surface area (TPSA) is 24.9 Å². The molecular weight excluding hydrogens is 205 g/mol. The molecule has 0 aromatic carbocycles. The van der Waals surface area contributed by atoms with Gasteiger partial charge in [0.1, 0.15) is 6.54 Å². The molecule has 84 valence electrons. The maximum absolute atomic E-state index is 11.9. The van der Waals surface area contributed by atoms with Gasteiger partial charge in [-0.05, 0) is 17.5 Å².